The zero-order valence-electron chi connectivity index (χ0n) is 15.6. The molecule has 0 saturated carbocycles. The zero-order valence-corrected chi connectivity index (χ0v) is 15.6. The van der Waals surface area contributed by atoms with Crippen molar-refractivity contribution < 1.29 is 14.3 Å². The third-order valence-electron chi connectivity index (χ3n) is 4.81. The number of carbonyl (C=O) groups excluding carboxylic acids is 1. The van der Waals surface area contributed by atoms with Crippen LogP contribution in [0.25, 0.3) is 10.9 Å². The monoisotopic (exact) mass is 352 g/mol. The van der Waals surface area contributed by atoms with E-state index in [1.807, 2.05) is 37.4 Å². The van der Waals surface area contributed by atoms with Gasteiger partial charge < -0.3 is 19.4 Å². The molecule has 0 aliphatic rings. The number of nitrogens with zero attached hydrogens (tertiary/aromatic N) is 1. The summed E-state index contributed by atoms with van der Waals surface area (Å²) >= 11 is 0. The number of carbonyl (C=O) groups is 1. The molecule has 0 radical (unpaired) electrons. The van der Waals surface area contributed by atoms with Gasteiger partial charge in [-0.3, -0.25) is 4.79 Å². The number of amides is 1. The molecule has 136 valence electrons. The number of aromatic nitrogens is 1. The summed E-state index contributed by atoms with van der Waals surface area (Å²) in [5, 5.41) is 4.13. The third-order valence-corrected chi connectivity index (χ3v) is 4.81. The Kier molecular flexibility index (Phi) is 5.16. The molecule has 1 heterocycles. The second-order valence-corrected chi connectivity index (χ2v) is 6.28. The van der Waals surface area contributed by atoms with Crippen molar-refractivity contribution in [2.75, 3.05) is 14.2 Å². The quantitative estimate of drug-likeness (QED) is 0.740. The summed E-state index contributed by atoms with van der Waals surface area (Å²) in [5.74, 6) is 1.33. The smallest absolute Gasteiger partial charge is 0.224 e. The molecule has 3 aromatic rings. The Hall–Kier alpha value is -2.95. The van der Waals surface area contributed by atoms with Gasteiger partial charge in [0.15, 0.2) is 11.5 Å². The molecule has 0 aliphatic carbocycles. The molecular weight excluding hydrogens is 328 g/mol. The van der Waals surface area contributed by atoms with Crippen molar-refractivity contribution in [1.29, 1.82) is 0 Å². The lowest BCUT2D eigenvalue weighted by atomic mass is 10.1. The largest absolute Gasteiger partial charge is 0.493 e. The van der Waals surface area contributed by atoms with Crippen LogP contribution in [-0.2, 0) is 24.8 Å². The predicted octanol–water partition coefficient (Wildman–Crippen LogP) is 3.36. The average molecular weight is 352 g/mol. The number of aryl methyl sites for hydroxylation is 1. The number of methoxy groups -OCH3 is 2. The molecule has 0 aliphatic heterocycles. The van der Waals surface area contributed by atoms with Crippen LogP contribution in [0, 0.1) is 6.92 Å². The van der Waals surface area contributed by atoms with Crippen LogP contribution in [-0.4, -0.2) is 24.7 Å². The Labute approximate surface area is 153 Å². The van der Waals surface area contributed by atoms with Gasteiger partial charge in [0, 0.05) is 30.2 Å². The Morgan fingerprint density at radius 1 is 1.08 bits per heavy atom. The molecule has 1 aromatic heterocycles. The van der Waals surface area contributed by atoms with E-state index in [4.69, 9.17) is 9.47 Å². The number of fused-ring (bicyclic) bond motifs is 1. The molecule has 0 atom stereocenters. The second kappa shape index (κ2) is 7.52. The number of hydrogen-bond acceptors (Lipinski definition) is 3. The summed E-state index contributed by atoms with van der Waals surface area (Å²) in [4.78, 5) is 12.5. The van der Waals surface area contributed by atoms with E-state index in [0.717, 1.165) is 27.7 Å². The molecule has 26 heavy (non-hydrogen) atoms. The van der Waals surface area contributed by atoms with Crippen LogP contribution in [0.4, 0.5) is 0 Å². The van der Waals surface area contributed by atoms with Gasteiger partial charge in [-0.2, -0.15) is 0 Å². The Morgan fingerprint density at radius 2 is 1.81 bits per heavy atom. The van der Waals surface area contributed by atoms with Crippen molar-refractivity contribution in [2.24, 2.45) is 7.05 Å². The molecule has 5 heteroatoms. The summed E-state index contributed by atoms with van der Waals surface area (Å²) in [6, 6.07) is 13.8. The van der Waals surface area contributed by atoms with E-state index >= 15 is 0 Å². The Morgan fingerprint density at radius 3 is 2.54 bits per heavy atom. The SMILES string of the molecule is COc1ccc(CNC(=O)Cc2c(C)n(C)c3ccccc23)cc1OC. The fourth-order valence-corrected chi connectivity index (χ4v) is 3.24. The van der Waals surface area contributed by atoms with Gasteiger partial charge in [-0.25, -0.2) is 0 Å². The molecule has 0 spiro atoms. The molecule has 1 amide bonds. The van der Waals surface area contributed by atoms with Crippen LogP contribution >= 0.6 is 0 Å². The van der Waals surface area contributed by atoms with Crippen molar-refractivity contribution in [2.45, 2.75) is 19.9 Å². The first-order valence-electron chi connectivity index (χ1n) is 8.55. The number of ether oxygens (including phenoxy) is 2. The minimum absolute atomic E-state index is 0.000706. The van der Waals surface area contributed by atoms with Crippen molar-refractivity contribution in [3.63, 3.8) is 0 Å². The topological polar surface area (TPSA) is 52.5 Å². The van der Waals surface area contributed by atoms with Gasteiger partial charge in [-0.05, 0) is 36.2 Å². The van der Waals surface area contributed by atoms with Crippen LogP contribution in [0.2, 0.25) is 0 Å². The number of rotatable bonds is 6. The van der Waals surface area contributed by atoms with E-state index in [0.29, 0.717) is 24.5 Å². The Balaban J connectivity index is 1.72. The average Bonchev–Trinajstić information content (AvgIpc) is 2.91. The molecular formula is C21H24N2O3. The highest BCUT2D eigenvalue weighted by Gasteiger charge is 2.14. The fourth-order valence-electron chi connectivity index (χ4n) is 3.24. The van der Waals surface area contributed by atoms with E-state index in [9.17, 15) is 4.79 Å². The molecule has 5 nitrogen and oxygen atoms in total. The molecule has 2 aromatic carbocycles. The van der Waals surface area contributed by atoms with Gasteiger partial charge in [0.2, 0.25) is 5.91 Å². The molecule has 0 fully saturated rings. The van der Waals surface area contributed by atoms with Gasteiger partial charge in [-0.15, -0.1) is 0 Å². The molecule has 0 unspecified atom stereocenters. The van der Waals surface area contributed by atoms with Crippen LogP contribution in [0.3, 0.4) is 0 Å². The number of benzene rings is 2. The maximum Gasteiger partial charge on any atom is 0.224 e. The van der Waals surface area contributed by atoms with E-state index in [1.165, 1.54) is 0 Å². The van der Waals surface area contributed by atoms with E-state index in [1.54, 1.807) is 14.2 Å². The fraction of sp³-hybridized carbons (Fsp3) is 0.286. The lowest BCUT2D eigenvalue weighted by molar-refractivity contribution is -0.120. The van der Waals surface area contributed by atoms with E-state index in [-0.39, 0.29) is 5.91 Å². The van der Waals surface area contributed by atoms with Crippen LogP contribution in [0.1, 0.15) is 16.8 Å². The van der Waals surface area contributed by atoms with Gasteiger partial charge in [0.05, 0.1) is 20.6 Å². The van der Waals surface area contributed by atoms with Gasteiger partial charge in [0.1, 0.15) is 0 Å². The summed E-state index contributed by atoms with van der Waals surface area (Å²) in [6.45, 7) is 2.50. The first kappa shape index (κ1) is 17.9. The van der Waals surface area contributed by atoms with Crippen molar-refractivity contribution in [3.8, 4) is 11.5 Å². The Bertz CT molecular complexity index is 944. The lowest BCUT2D eigenvalue weighted by Crippen LogP contribution is -2.24. The van der Waals surface area contributed by atoms with Crippen molar-refractivity contribution >= 4 is 16.8 Å². The molecule has 3 rings (SSSR count). The minimum Gasteiger partial charge on any atom is -0.493 e. The molecule has 1 N–H and O–H groups in total. The van der Waals surface area contributed by atoms with Crippen LogP contribution < -0.4 is 14.8 Å². The first-order valence-corrected chi connectivity index (χ1v) is 8.55. The van der Waals surface area contributed by atoms with Crippen LogP contribution in [0.5, 0.6) is 11.5 Å². The number of para-hydroxylation sites is 1. The number of nitrogens with one attached hydrogen (secondary N) is 1. The minimum atomic E-state index is -0.000706. The van der Waals surface area contributed by atoms with Gasteiger partial charge >= 0.3 is 0 Å². The zero-order chi connectivity index (χ0) is 18.7. The summed E-state index contributed by atoms with van der Waals surface area (Å²) < 4.78 is 12.7. The normalized spacial score (nSPS) is 10.8. The summed E-state index contributed by atoms with van der Waals surface area (Å²) in [7, 11) is 5.23. The van der Waals surface area contributed by atoms with Crippen molar-refractivity contribution in [1.82, 2.24) is 9.88 Å². The van der Waals surface area contributed by atoms with E-state index in [2.05, 4.69) is 28.9 Å². The molecule has 0 saturated heterocycles. The maximum absolute atomic E-state index is 12.5. The van der Waals surface area contributed by atoms with Crippen LogP contribution in [0.15, 0.2) is 42.5 Å². The third kappa shape index (κ3) is 3.38. The standard InChI is InChI=1S/C21H24N2O3/c1-14-17(16-7-5-6-8-18(16)23(14)2)12-21(24)22-13-15-9-10-19(25-3)20(11-15)26-4/h5-11H,12-13H2,1-4H3,(H,22,24). The van der Waals surface area contributed by atoms with Gasteiger partial charge in [0.25, 0.3) is 0 Å². The lowest BCUT2D eigenvalue weighted by Gasteiger charge is -2.10. The first-order chi connectivity index (χ1) is 12.5. The highest BCUT2D eigenvalue weighted by molar-refractivity contribution is 5.90. The van der Waals surface area contributed by atoms with Crippen molar-refractivity contribution in [3.05, 3.63) is 59.3 Å². The highest BCUT2D eigenvalue weighted by Crippen LogP contribution is 2.28. The molecule has 0 bridgehead atoms. The summed E-state index contributed by atoms with van der Waals surface area (Å²) in [5.41, 5.74) is 4.30. The summed E-state index contributed by atoms with van der Waals surface area (Å²) in [6.07, 6.45) is 0.362. The maximum atomic E-state index is 12.5. The highest BCUT2D eigenvalue weighted by atomic mass is 16.5. The second-order valence-electron chi connectivity index (χ2n) is 6.28. The van der Waals surface area contributed by atoms with Gasteiger partial charge in [-0.1, -0.05) is 24.3 Å². The van der Waals surface area contributed by atoms with E-state index < -0.39 is 0 Å². The predicted molar refractivity (Wildman–Crippen MR) is 103 cm³/mol. The number of hydrogen-bond donors (Lipinski definition) is 1.